The maximum atomic E-state index is 12.3. The van der Waals surface area contributed by atoms with E-state index in [2.05, 4.69) is 20.4 Å². The highest BCUT2D eigenvalue weighted by atomic mass is 16.6. The number of carbonyl (C=O) groups excluding carboxylic acids is 1. The fourth-order valence-corrected chi connectivity index (χ4v) is 2.45. The van der Waals surface area contributed by atoms with Gasteiger partial charge in [0, 0.05) is 17.8 Å². The fourth-order valence-electron chi connectivity index (χ4n) is 2.45. The van der Waals surface area contributed by atoms with E-state index >= 15 is 0 Å². The van der Waals surface area contributed by atoms with Gasteiger partial charge in [0.1, 0.15) is 10.7 Å². The molecular formula is C16H16N6O5. The van der Waals surface area contributed by atoms with Crippen molar-refractivity contribution in [3.63, 3.8) is 0 Å². The van der Waals surface area contributed by atoms with Gasteiger partial charge in [0.05, 0.1) is 11.8 Å². The summed E-state index contributed by atoms with van der Waals surface area (Å²) in [5.74, 6) is -1.08. The largest absolute Gasteiger partial charge is 0.433 e. The van der Waals surface area contributed by atoms with Gasteiger partial charge < -0.3 is 9.73 Å². The van der Waals surface area contributed by atoms with Crippen LogP contribution in [0, 0.1) is 17.0 Å². The number of carbonyl (C=O) groups is 1. The summed E-state index contributed by atoms with van der Waals surface area (Å²) in [4.78, 5) is 41.1. The highest BCUT2D eigenvalue weighted by molar-refractivity contribution is 6.02. The minimum Gasteiger partial charge on any atom is -0.395 e. The first-order valence-corrected chi connectivity index (χ1v) is 8.10. The molecule has 11 nitrogen and oxygen atoms in total. The van der Waals surface area contributed by atoms with Crippen LogP contribution in [0.3, 0.4) is 0 Å². The summed E-state index contributed by atoms with van der Waals surface area (Å²) >= 11 is 0. The molecule has 2 N–H and O–H groups in total. The molecule has 0 radical (unpaired) electrons. The van der Waals surface area contributed by atoms with Crippen molar-refractivity contribution in [1.82, 2.24) is 19.7 Å². The van der Waals surface area contributed by atoms with Crippen LogP contribution in [-0.2, 0) is 6.42 Å². The highest BCUT2D eigenvalue weighted by Crippen LogP contribution is 2.19. The normalized spacial score (nSPS) is 10.7. The second-order valence-corrected chi connectivity index (χ2v) is 5.74. The van der Waals surface area contributed by atoms with Gasteiger partial charge in [-0.05, 0) is 19.4 Å². The third kappa shape index (κ3) is 3.92. The molecule has 0 spiro atoms. The van der Waals surface area contributed by atoms with Crippen LogP contribution in [0.5, 0.6) is 0 Å². The number of nitrogens with zero attached hydrogens (tertiary/aromatic N) is 4. The number of rotatable bonds is 6. The average molecular weight is 372 g/mol. The van der Waals surface area contributed by atoms with Crippen molar-refractivity contribution in [2.24, 2.45) is 0 Å². The number of aromatic amines is 1. The Balaban J connectivity index is 1.93. The minimum absolute atomic E-state index is 0.153. The molecule has 0 fully saturated rings. The monoisotopic (exact) mass is 372 g/mol. The van der Waals surface area contributed by atoms with Gasteiger partial charge in [0.2, 0.25) is 5.95 Å². The lowest BCUT2D eigenvalue weighted by Crippen LogP contribution is -2.19. The Hall–Kier alpha value is -3.76. The van der Waals surface area contributed by atoms with E-state index < -0.39 is 16.7 Å². The Morgan fingerprint density at radius 2 is 2.19 bits per heavy atom. The molecule has 3 rings (SSSR count). The van der Waals surface area contributed by atoms with Crippen LogP contribution in [0.25, 0.3) is 5.95 Å². The van der Waals surface area contributed by atoms with Gasteiger partial charge in [-0.25, -0.2) is 4.98 Å². The second kappa shape index (κ2) is 7.23. The third-order valence-electron chi connectivity index (χ3n) is 3.56. The number of H-pyrrole nitrogens is 1. The van der Waals surface area contributed by atoms with Crippen LogP contribution in [-0.4, -0.2) is 30.6 Å². The standard InChI is InChI=1S/C16H16N6O5/c1-3-4-10-8-13(23)19-16(17-10)21-12(7-9(2)20-21)18-15(24)11-5-6-14(27-11)22(25)26/h5-8H,3-4H2,1-2H3,(H,18,24)(H,17,19,23). The van der Waals surface area contributed by atoms with Crippen molar-refractivity contribution < 1.29 is 14.1 Å². The third-order valence-corrected chi connectivity index (χ3v) is 3.56. The summed E-state index contributed by atoms with van der Waals surface area (Å²) in [7, 11) is 0. The number of amides is 1. The molecule has 27 heavy (non-hydrogen) atoms. The Kier molecular flexibility index (Phi) is 4.83. The molecule has 0 bridgehead atoms. The topological polar surface area (TPSA) is 149 Å². The van der Waals surface area contributed by atoms with Crippen molar-refractivity contribution in [3.05, 3.63) is 61.9 Å². The smallest absolute Gasteiger partial charge is 0.395 e. The predicted octanol–water partition coefficient (Wildman–Crippen LogP) is 1.97. The van der Waals surface area contributed by atoms with Gasteiger partial charge in [-0.3, -0.25) is 24.7 Å². The zero-order chi connectivity index (χ0) is 19.6. The average Bonchev–Trinajstić information content (AvgIpc) is 3.21. The molecule has 0 aliphatic heterocycles. The summed E-state index contributed by atoms with van der Waals surface area (Å²) in [5, 5.41) is 17.5. The van der Waals surface area contributed by atoms with Crippen LogP contribution >= 0.6 is 0 Å². The molecule has 140 valence electrons. The molecule has 0 aliphatic rings. The molecule has 0 saturated carbocycles. The van der Waals surface area contributed by atoms with Crippen molar-refractivity contribution >= 4 is 17.6 Å². The number of aryl methyl sites for hydroxylation is 2. The Bertz CT molecular complexity index is 1060. The van der Waals surface area contributed by atoms with Crippen LogP contribution < -0.4 is 10.9 Å². The van der Waals surface area contributed by atoms with E-state index in [1.807, 2.05) is 6.92 Å². The first-order chi connectivity index (χ1) is 12.9. The van der Waals surface area contributed by atoms with Gasteiger partial charge in [0.15, 0.2) is 5.76 Å². The summed E-state index contributed by atoms with van der Waals surface area (Å²) < 4.78 is 6.17. The van der Waals surface area contributed by atoms with Crippen molar-refractivity contribution in [1.29, 1.82) is 0 Å². The lowest BCUT2D eigenvalue weighted by Gasteiger charge is -2.08. The minimum atomic E-state index is -0.737. The van der Waals surface area contributed by atoms with E-state index in [9.17, 15) is 19.7 Å². The van der Waals surface area contributed by atoms with Crippen molar-refractivity contribution in [2.45, 2.75) is 26.7 Å². The first kappa shape index (κ1) is 18.0. The zero-order valence-electron chi connectivity index (χ0n) is 14.6. The molecule has 0 saturated heterocycles. The van der Waals surface area contributed by atoms with Gasteiger partial charge in [-0.1, -0.05) is 13.3 Å². The number of furan rings is 1. The predicted molar refractivity (Wildman–Crippen MR) is 94.0 cm³/mol. The van der Waals surface area contributed by atoms with Crippen LogP contribution in [0.15, 0.2) is 33.5 Å². The molecule has 0 aromatic carbocycles. The summed E-state index contributed by atoms with van der Waals surface area (Å²) in [6.45, 7) is 3.67. The van der Waals surface area contributed by atoms with E-state index in [-0.39, 0.29) is 23.1 Å². The quantitative estimate of drug-likeness (QED) is 0.496. The number of hydrogen-bond donors (Lipinski definition) is 2. The van der Waals surface area contributed by atoms with E-state index in [4.69, 9.17) is 4.42 Å². The molecule has 0 aliphatic carbocycles. The maximum Gasteiger partial charge on any atom is 0.433 e. The van der Waals surface area contributed by atoms with Gasteiger partial charge in [0.25, 0.3) is 11.5 Å². The second-order valence-electron chi connectivity index (χ2n) is 5.74. The van der Waals surface area contributed by atoms with Crippen LogP contribution in [0.4, 0.5) is 11.7 Å². The summed E-state index contributed by atoms with van der Waals surface area (Å²) in [5.41, 5.74) is 0.832. The van der Waals surface area contributed by atoms with E-state index in [0.29, 0.717) is 17.8 Å². The lowest BCUT2D eigenvalue weighted by molar-refractivity contribution is -0.402. The zero-order valence-corrected chi connectivity index (χ0v) is 14.6. The Morgan fingerprint density at radius 1 is 1.41 bits per heavy atom. The number of nitrogens with one attached hydrogen (secondary N) is 2. The highest BCUT2D eigenvalue weighted by Gasteiger charge is 2.20. The lowest BCUT2D eigenvalue weighted by atomic mass is 10.2. The molecule has 3 heterocycles. The maximum absolute atomic E-state index is 12.3. The number of hydrogen-bond acceptors (Lipinski definition) is 7. The van der Waals surface area contributed by atoms with Crippen molar-refractivity contribution in [3.8, 4) is 5.95 Å². The molecule has 3 aromatic rings. The number of aromatic nitrogens is 4. The van der Waals surface area contributed by atoms with Gasteiger partial charge in [-0.2, -0.15) is 9.78 Å². The molecule has 1 amide bonds. The van der Waals surface area contributed by atoms with Crippen LogP contribution in [0.1, 0.15) is 35.3 Å². The summed E-state index contributed by atoms with van der Waals surface area (Å²) in [6, 6.07) is 5.26. The molecular weight excluding hydrogens is 356 g/mol. The number of anilines is 1. The number of nitro groups is 1. The molecule has 3 aromatic heterocycles. The van der Waals surface area contributed by atoms with Gasteiger partial charge >= 0.3 is 5.88 Å². The molecule has 11 heteroatoms. The van der Waals surface area contributed by atoms with Gasteiger partial charge in [-0.15, -0.1) is 0 Å². The SMILES string of the molecule is CCCc1cc(=O)[nH]c(-n2nc(C)cc2NC(=O)c2ccc([N+](=O)[O-])o2)n1. The van der Waals surface area contributed by atoms with E-state index in [1.165, 1.54) is 16.8 Å². The fraction of sp³-hybridized carbons (Fsp3) is 0.250. The molecule has 0 unspecified atom stereocenters. The van der Waals surface area contributed by atoms with Crippen molar-refractivity contribution in [2.75, 3.05) is 5.32 Å². The van der Waals surface area contributed by atoms with Crippen LogP contribution in [0.2, 0.25) is 0 Å². The Morgan fingerprint density at radius 3 is 2.85 bits per heavy atom. The molecule has 0 atom stereocenters. The first-order valence-electron chi connectivity index (χ1n) is 8.10. The Labute approximate surface area is 152 Å². The van der Waals surface area contributed by atoms with E-state index in [0.717, 1.165) is 12.5 Å². The summed E-state index contributed by atoms with van der Waals surface area (Å²) in [6.07, 6.45) is 1.43. The van der Waals surface area contributed by atoms with E-state index in [1.54, 1.807) is 13.0 Å².